The van der Waals surface area contributed by atoms with Gasteiger partial charge in [0, 0.05) is 17.8 Å². The number of carbonyl (C=O) groups is 1. The standard InChI is InChI=1S/C15H13N3O2/c1-9-3-4-11(10(2)7-9)13-5-6-16-14-8-12(15(19)20)17-18(13)14/h3-8H,1-2H3,(H,19,20). The van der Waals surface area contributed by atoms with Crippen molar-refractivity contribution in [2.45, 2.75) is 13.8 Å². The van der Waals surface area contributed by atoms with E-state index in [2.05, 4.69) is 16.1 Å². The summed E-state index contributed by atoms with van der Waals surface area (Å²) in [6.07, 6.45) is 1.66. The molecular formula is C15H13N3O2. The molecule has 0 atom stereocenters. The summed E-state index contributed by atoms with van der Waals surface area (Å²) in [6, 6.07) is 9.43. The van der Waals surface area contributed by atoms with Crippen LogP contribution in [0.3, 0.4) is 0 Å². The Morgan fingerprint density at radius 3 is 2.70 bits per heavy atom. The number of hydrogen-bond donors (Lipinski definition) is 1. The minimum atomic E-state index is -1.05. The van der Waals surface area contributed by atoms with Gasteiger partial charge in [-0.2, -0.15) is 5.10 Å². The molecule has 3 rings (SSSR count). The van der Waals surface area contributed by atoms with Crippen molar-refractivity contribution in [3.05, 3.63) is 53.3 Å². The normalized spacial score (nSPS) is 10.9. The zero-order valence-electron chi connectivity index (χ0n) is 11.2. The number of nitrogens with zero attached hydrogens (tertiary/aromatic N) is 3. The maximum Gasteiger partial charge on any atom is 0.356 e. The molecule has 2 heterocycles. The number of aromatic carboxylic acids is 1. The van der Waals surface area contributed by atoms with E-state index in [-0.39, 0.29) is 5.69 Å². The third-order valence-corrected chi connectivity index (χ3v) is 3.23. The van der Waals surface area contributed by atoms with Crippen LogP contribution in [0.2, 0.25) is 0 Å². The number of carboxylic acid groups (broad SMARTS) is 1. The number of rotatable bonds is 2. The molecule has 0 unspecified atom stereocenters. The Kier molecular flexibility index (Phi) is 2.75. The average Bonchev–Trinajstić information content (AvgIpc) is 2.83. The van der Waals surface area contributed by atoms with Crippen molar-refractivity contribution < 1.29 is 9.90 Å². The molecular weight excluding hydrogens is 254 g/mol. The summed E-state index contributed by atoms with van der Waals surface area (Å²) < 4.78 is 1.57. The van der Waals surface area contributed by atoms with Crippen LogP contribution in [0.25, 0.3) is 16.9 Å². The lowest BCUT2D eigenvalue weighted by Crippen LogP contribution is -2.00. The van der Waals surface area contributed by atoms with Gasteiger partial charge in [-0.15, -0.1) is 0 Å². The maximum absolute atomic E-state index is 11.0. The SMILES string of the molecule is Cc1ccc(-c2ccnc3cc(C(=O)O)nn23)c(C)c1. The van der Waals surface area contributed by atoms with Crippen molar-refractivity contribution in [3.63, 3.8) is 0 Å². The van der Waals surface area contributed by atoms with Gasteiger partial charge in [0.05, 0.1) is 5.69 Å². The zero-order chi connectivity index (χ0) is 14.3. The fourth-order valence-corrected chi connectivity index (χ4v) is 2.30. The van der Waals surface area contributed by atoms with Crippen LogP contribution in [-0.4, -0.2) is 25.7 Å². The van der Waals surface area contributed by atoms with Gasteiger partial charge in [-0.25, -0.2) is 14.3 Å². The van der Waals surface area contributed by atoms with E-state index in [1.54, 1.807) is 10.7 Å². The van der Waals surface area contributed by atoms with Crippen molar-refractivity contribution in [2.75, 3.05) is 0 Å². The van der Waals surface area contributed by atoms with Crippen molar-refractivity contribution in [1.29, 1.82) is 0 Å². The number of carboxylic acids is 1. The highest BCUT2D eigenvalue weighted by molar-refractivity contribution is 5.87. The predicted octanol–water partition coefficient (Wildman–Crippen LogP) is 2.71. The van der Waals surface area contributed by atoms with E-state index in [9.17, 15) is 4.79 Å². The minimum absolute atomic E-state index is 0.00489. The Morgan fingerprint density at radius 1 is 1.20 bits per heavy atom. The molecule has 0 amide bonds. The van der Waals surface area contributed by atoms with E-state index in [1.165, 1.54) is 11.6 Å². The van der Waals surface area contributed by atoms with Crippen LogP contribution in [0, 0.1) is 13.8 Å². The van der Waals surface area contributed by atoms with Gasteiger partial charge in [0.2, 0.25) is 0 Å². The lowest BCUT2D eigenvalue weighted by atomic mass is 10.0. The Labute approximate surface area is 115 Å². The number of aromatic nitrogens is 3. The van der Waals surface area contributed by atoms with Crippen LogP contribution in [0.5, 0.6) is 0 Å². The van der Waals surface area contributed by atoms with Crippen molar-refractivity contribution >= 4 is 11.6 Å². The summed E-state index contributed by atoms with van der Waals surface area (Å²) in [6.45, 7) is 4.06. The summed E-state index contributed by atoms with van der Waals surface area (Å²) in [4.78, 5) is 15.2. The van der Waals surface area contributed by atoms with E-state index < -0.39 is 5.97 Å². The second-order valence-electron chi connectivity index (χ2n) is 4.75. The molecule has 1 aromatic carbocycles. The Bertz CT molecular complexity index is 821. The van der Waals surface area contributed by atoms with E-state index in [0.29, 0.717) is 5.65 Å². The molecule has 0 fully saturated rings. The number of benzene rings is 1. The van der Waals surface area contributed by atoms with Crippen molar-refractivity contribution in [1.82, 2.24) is 14.6 Å². The first-order valence-corrected chi connectivity index (χ1v) is 6.22. The summed E-state index contributed by atoms with van der Waals surface area (Å²) in [5.41, 5.74) is 4.67. The van der Waals surface area contributed by atoms with E-state index in [1.807, 2.05) is 32.0 Å². The maximum atomic E-state index is 11.0. The monoisotopic (exact) mass is 267 g/mol. The fraction of sp³-hybridized carbons (Fsp3) is 0.133. The highest BCUT2D eigenvalue weighted by Gasteiger charge is 2.13. The van der Waals surface area contributed by atoms with E-state index >= 15 is 0 Å². The predicted molar refractivity (Wildman–Crippen MR) is 74.9 cm³/mol. The van der Waals surface area contributed by atoms with Gasteiger partial charge in [0.25, 0.3) is 0 Å². The van der Waals surface area contributed by atoms with E-state index in [4.69, 9.17) is 5.11 Å². The second-order valence-corrected chi connectivity index (χ2v) is 4.75. The largest absolute Gasteiger partial charge is 0.476 e. The van der Waals surface area contributed by atoms with Gasteiger partial charge in [-0.3, -0.25) is 0 Å². The number of aryl methyl sites for hydroxylation is 2. The molecule has 3 aromatic rings. The van der Waals surface area contributed by atoms with Gasteiger partial charge >= 0.3 is 5.97 Å². The molecule has 0 aliphatic heterocycles. The van der Waals surface area contributed by atoms with Crippen LogP contribution in [0.15, 0.2) is 36.5 Å². The first kappa shape index (κ1) is 12.3. The summed E-state index contributed by atoms with van der Waals surface area (Å²) in [7, 11) is 0. The molecule has 0 saturated heterocycles. The fourth-order valence-electron chi connectivity index (χ4n) is 2.30. The lowest BCUT2D eigenvalue weighted by Gasteiger charge is -2.08. The molecule has 2 aromatic heterocycles. The average molecular weight is 267 g/mol. The Balaban J connectivity index is 2.28. The highest BCUT2D eigenvalue weighted by Crippen LogP contribution is 2.24. The van der Waals surface area contributed by atoms with Crippen LogP contribution in [-0.2, 0) is 0 Å². The van der Waals surface area contributed by atoms with Crippen LogP contribution in [0.1, 0.15) is 21.6 Å². The first-order chi connectivity index (χ1) is 9.56. The molecule has 0 radical (unpaired) electrons. The lowest BCUT2D eigenvalue weighted by molar-refractivity contribution is 0.0690. The third kappa shape index (κ3) is 1.93. The summed E-state index contributed by atoms with van der Waals surface area (Å²) >= 11 is 0. The summed E-state index contributed by atoms with van der Waals surface area (Å²) in [5, 5.41) is 13.1. The molecule has 0 spiro atoms. The number of hydrogen-bond acceptors (Lipinski definition) is 3. The van der Waals surface area contributed by atoms with Crippen LogP contribution < -0.4 is 0 Å². The molecule has 0 aliphatic rings. The second kappa shape index (κ2) is 4.45. The zero-order valence-corrected chi connectivity index (χ0v) is 11.2. The Hall–Kier alpha value is -2.69. The molecule has 5 heteroatoms. The van der Waals surface area contributed by atoms with Crippen LogP contribution >= 0.6 is 0 Å². The first-order valence-electron chi connectivity index (χ1n) is 6.22. The number of fused-ring (bicyclic) bond motifs is 1. The Morgan fingerprint density at radius 2 is 2.00 bits per heavy atom. The quantitative estimate of drug-likeness (QED) is 0.775. The molecule has 100 valence electrons. The van der Waals surface area contributed by atoms with Gasteiger partial charge in [0.1, 0.15) is 0 Å². The molecule has 20 heavy (non-hydrogen) atoms. The topological polar surface area (TPSA) is 67.5 Å². The van der Waals surface area contributed by atoms with Crippen LogP contribution in [0.4, 0.5) is 0 Å². The molecule has 0 saturated carbocycles. The smallest absolute Gasteiger partial charge is 0.356 e. The van der Waals surface area contributed by atoms with E-state index in [0.717, 1.165) is 16.8 Å². The molecule has 5 nitrogen and oxygen atoms in total. The molecule has 0 bridgehead atoms. The van der Waals surface area contributed by atoms with Gasteiger partial charge < -0.3 is 5.11 Å². The van der Waals surface area contributed by atoms with Gasteiger partial charge in [-0.05, 0) is 25.5 Å². The molecule has 0 aliphatic carbocycles. The minimum Gasteiger partial charge on any atom is -0.476 e. The summed E-state index contributed by atoms with van der Waals surface area (Å²) in [5.74, 6) is -1.05. The molecule has 1 N–H and O–H groups in total. The highest BCUT2D eigenvalue weighted by atomic mass is 16.4. The van der Waals surface area contributed by atoms with Gasteiger partial charge in [-0.1, -0.05) is 23.8 Å². The van der Waals surface area contributed by atoms with Gasteiger partial charge in [0.15, 0.2) is 11.3 Å². The van der Waals surface area contributed by atoms with Crippen molar-refractivity contribution in [2.24, 2.45) is 0 Å². The van der Waals surface area contributed by atoms with Crippen molar-refractivity contribution in [3.8, 4) is 11.3 Å². The third-order valence-electron chi connectivity index (χ3n) is 3.23.